The van der Waals surface area contributed by atoms with Gasteiger partial charge in [-0.15, -0.1) is 0 Å². The van der Waals surface area contributed by atoms with E-state index in [2.05, 4.69) is 5.32 Å². The monoisotopic (exact) mass is 431 g/mol. The van der Waals surface area contributed by atoms with Crippen molar-refractivity contribution in [2.75, 3.05) is 6.54 Å². The molecule has 0 bridgehead atoms. The van der Waals surface area contributed by atoms with Crippen molar-refractivity contribution in [2.24, 2.45) is 0 Å². The van der Waals surface area contributed by atoms with E-state index in [1.165, 1.54) is 18.2 Å². The van der Waals surface area contributed by atoms with Crippen LogP contribution < -0.4 is 5.32 Å². The zero-order chi connectivity index (χ0) is 20.0. The number of sulfone groups is 1. The van der Waals surface area contributed by atoms with Crippen molar-refractivity contribution in [1.82, 2.24) is 10.2 Å². The lowest BCUT2D eigenvalue weighted by Crippen LogP contribution is -2.49. The van der Waals surface area contributed by atoms with E-state index in [-0.39, 0.29) is 27.9 Å². The molecule has 8 nitrogen and oxygen atoms in total. The highest BCUT2D eigenvalue weighted by molar-refractivity contribution is 7.92. The number of halogens is 2. The highest BCUT2D eigenvalue weighted by Crippen LogP contribution is 2.36. The first kappa shape index (κ1) is 19.7. The van der Waals surface area contributed by atoms with Gasteiger partial charge in [-0.05, 0) is 37.5 Å². The fourth-order valence-electron chi connectivity index (χ4n) is 3.08. The number of hydrogen-bond donors (Lipinski definition) is 2. The molecule has 2 aliphatic rings. The predicted octanol–water partition coefficient (Wildman–Crippen LogP) is 2.06. The molecule has 1 aromatic rings. The Kier molecular flexibility index (Phi) is 5.01. The van der Waals surface area contributed by atoms with Crippen LogP contribution in [0.2, 0.25) is 10.0 Å². The van der Waals surface area contributed by atoms with Gasteiger partial charge in [0.1, 0.15) is 11.6 Å². The second-order valence-corrected chi connectivity index (χ2v) is 9.65. The summed E-state index contributed by atoms with van der Waals surface area (Å²) in [5.41, 5.74) is -0.974. The summed E-state index contributed by atoms with van der Waals surface area (Å²) in [6.45, 7) is -0.367. The summed E-state index contributed by atoms with van der Waals surface area (Å²) in [6.07, 6.45) is -0.660. The Hall–Kier alpha value is -2.02. The molecule has 0 radical (unpaired) electrons. The minimum absolute atomic E-state index is 0.0707. The van der Waals surface area contributed by atoms with Crippen LogP contribution in [-0.2, 0) is 14.6 Å². The quantitative estimate of drug-likeness (QED) is 0.750. The molecule has 2 fully saturated rings. The number of likely N-dealkylation sites (tertiary alicyclic amines) is 1. The molecule has 11 heteroatoms. The van der Waals surface area contributed by atoms with Crippen LogP contribution in [0.25, 0.3) is 0 Å². The van der Waals surface area contributed by atoms with Gasteiger partial charge in [-0.25, -0.2) is 13.2 Å². The molecule has 3 rings (SSSR count). The zero-order valence-corrected chi connectivity index (χ0v) is 16.2. The molecule has 1 saturated carbocycles. The number of hydrogen-bond acceptors (Lipinski definition) is 5. The number of carbonyl (C=O) groups is 2. The van der Waals surface area contributed by atoms with Crippen molar-refractivity contribution in [2.45, 2.75) is 41.0 Å². The highest BCUT2D eigenvalue weighted by Gasteiger charge is 2.50. The van der Waals surface area contributed by atoms with Crippen molar-refractivity contribution in [3.05, 3.63) is 28.2 Å². The van der Waals surface area contributed by atoms with Crippen molar-refractivity contribution < 1.29 is 23.1 Å². The summed E-state index contributed by atoms with van der Waals surface area (Å²) in [7, 11) is -3.99. The van der Waals surface area contributed by atoms with E-state index in [0.29, 0.717) is 12.8 Å². The van der Waals surface area contributed by atoms with Crippen LogP contribution in [0.5, 0.6) is 0 Å². The average Bonchev–Trinajstić information content (AvgIpc) is 3.19. The second-order valence-electron chi connectivity index (χ2n) is 6.61. The summed E-state index contributed by atoms with van der Waals surface area (Å²) in [6, 6.07) is 4.71. The SMILES string of the molecule is N#CC1(NC(=O)[C@@H]2C[C@@H](S(=O)(=O)c3ccc(Cl)cc3Cl)CN2C(=O)O)CC1. The van der Waals surface area contributed by atoms with Gasteiger partial charge in [0.05, 0.1) is 21.2 Å². The van der Waals surface area contributed by atoms with Gasteiger partial charge in [-0.1, -0.05) is 23.2 Å². The van der Waals surface area contributed by atoms with E-state index in [9.17, 15) is 23.1 Å². The minimum atomic E-state index is -3.99. The lowest BCUT2D eigenvalue weighted by atomic mass is 10.2. The first-order valence-corrected chi connectivity index (χ1v) is 10.3. The topological polar surface area (TPSA) is 128 Å². The van der Waals surface area contributed by atoms with E-state index in [1.54, 1.807) is 0 Å². The van der Waals surface area contributed by atoms with E-state index in [1.807, 2.05) is 6.07 Å². The molecule has 0 unspecified atom stereocenters. The number of carboxylic acid groups (broad SMARTS) is 1. The predicted molar refractivity (Wildman–Crippen MR) is 96.3 cm³/mol. The largest absolute Gasteiger partial charge is 0.465 e. The third-order valence-electron chi connectivity index (χ3n) is 4.78. The molecule has 2 atom stereocenters. The van der Waals surface area contributed by atoms with Crippen LogP contribution in [0, 0.1) is 11.3 Å². The van der Waals surface area contributed by atoms with Gasteiger partial charge in [0, 0.05) is 11.6 Å². The number of rotatable bonds is 4. The second kappa shape index (κ2) is 6.86. The van der Waals surface area contributed by atoms with Gasteiger partial charge in [0.2, 0.25) is 5.91 Å². The van der Waals surface area contributed by atoms with E-state index in [4.69, 9.17) is 28.5 Å². The fourth-order valence-corrected chi connectivity index (χ4v) is 5.55. The van der Waals surface area contributed by atoms with E-state index >= 15 is 0 Å². The van der Waals surface area contributed by atoms with Crippen LogP contribution in [0.3, 0.4) is 0 Å². The molecule has 1 heterocycles. The Morgan fingerprint density at radius 3 is 2.52 bits per heavy atom. The van der Waals surface area contributed by atoms with Crippen molar-refractivity contribution >= 4 is 45.0 Å². The number of nitriles is 1. The van der Waals surface area contributed by atoms with Gasteiger partial charge >= 0.3 is 6.09 Å². The Morgan fingerprint density at radius 1 is 1.33 bits per heavy atom. The number of nitrogens with one attached hydrogen (secondary N) is 1. The number of carbonyl (C=O) groups excluding carboxylic acids is 1. The van der Waals surface area contributed by atoms with Crippen molar-refractivity contribution in [1.29, 1.82) is 5.26 Å². The Morgan fingerprint density at radius 2 is 2.00 bits per heavy atom. The van der Waals surface area contributed by atoms with Crippen LogP contribution in [-0.4, -0.2) is 53.8 Å². The molecule has 0 spiro atoms. The number of amides is 2. The molecule has 27 heavy (non-hydrogen) atoms. The summed E-state index contributed by atoms with van der Waals surface area (Å²) in [5, 5.41) is 20.1. The first-order valence-electron chi connectivity index (χ1n) is 8.01. The molecule has 1 saturated heterocycles. The Bertz CT molecular complexity index is 955. The number of nitrogens with zero attached hydrogens (tertiary/aromatic N) is 2. The van der Waals surface area contributed by atoms with Crippen LogP contribution in [0.4, 0.5) is 4.79 Å². The van der Waals surface area contributed by atoms with Gasteiger partial charge in [0.25, 0.3) is 0 Å². The lowest BCUT2D eigenvalue weighted by Gasteiger charge is -2.21. The molecule has 2 amide bonds. The standard InChI is InChI=1S/C16H15Cl2N3O5S/c17-9-1-2-13(11(18)5-9)27(25,26)10-6-12(21(7-10)15(23)24)14(22)20-16(8-19)3-4-16/h1-2,5,10,12H,3-4,6-7H2,(H,20,22)(H,23,24)/t10-,12+/m1/s1. The van der Waals surface area contributed by atoms with Gasteiger partial charge in [-0.3, -0.25) is 9.69 Å². The first-order chi connectivity index (χ1) is 12.6. The normalized spacial score (nSPS) is 23.5. The third-order valence-corrected chi connectivity index (χ3v) is 7.62. The molecule has 1 aromatic carbocycles. The maximum atomic E-state index is 12.9. The summed E-state index contributed by atoms with van der Waals surface area (Å²) >= 11 is 11.8. The third kappa shape index (κ3) is 3.70. The van der Waals surface area contributed by atoms with Crippen molar-refractivity contribution in [3.8, 4) is 6.07 Å². The maximum Gasteiger partial charge on any atom is 0.408 e. The lowest BCUT2D eigenvalue weighted by molar-refractivity contribution is -0.125. The summed E-state index contributed by atoms with van der Waals surface area (Å²) < 4.78 is 25.9. The summed E-state index contributed by atoms with van der Waals surface area (Å²) in [5.74, 6) is -0.670. The average molecular weight is 432 g/mol. The molecular weight excluding hydrogens is 417 g/mol. The van der Waals surface area contributed by atoms with E-state index < -0.39 is 38.7 Å². The van der Waals surface area contributed by atoms with E-state index in [0.717, 1.165) is 4.90 Å². The molecule has 1 aliphatic carbocycles. The molecule has 0 aromatic heterocycles. The summed E-state index contributed by atoms with van der Waals surface area (Å²) in [4.78, 5) is 24.6. The van der Waals surface area contributed by atoms with Gasteiger partial charge in [-0.2, -0.15) is 5.26 Å². The van der Waals surface area contributed by atoms with Crippen LogP contribution in [0.15, 0.2) is 23.1 Å². The molecule has 144 valence electrons. The molecule has 1 aliphatic heterocycles. The van der Waals surface area contributed by atoms with Crippen LogP contribution in [0.1, 0.15) is 19.3 Å². The minimum Gasteiger partial charge on any atom is -0.465 e. The fraction of sp³-hybridized carbons (Fsp3) is 0.438. The zero-order valence-electron chi connectivity index (χ0n) is 13.9. The highest BCUT2D eigenvalue weighted by atomic mass is 35.5. The molecule has 2 N–H and O–H groups in total. The molecular formula is C16H15Cl2N3O5S. The Balaban J connectivity index is 1.86. The maximum absolute atomic E-state index is 12.9. The Labute approximate surface area is 165 Å². The smallest absolute Gasteiger partial charge is 0.408 e. The van der Waals surface area contributed by atoms with Gasteiger partial charge < -0.3 is 10.4 Å². The van der Waals surface area contributed by atoms with Gasteiger partial charge in [0.15, 0.2) is 9.84 Å². The van der Waals surface area contributed by atoms with Crippen molar-refractivity contribution in [3.63, 3.8) is 0 Å². The van der Waals surface area contributed by atoms with Crippen LogP contribution >= 0.6 is 23.2 Å². The number of benzene rings is 1.